The number of rotatable bonds is 10. The second kappa shape index (κ2) is 9.88. The van der Waals surface area contributed by atoms with E-state index in [2.05, 4.69) is 10.4 Å². The van der Waals surface area contributed by atoms with Gasteiger partial charge in [-0.15, -0.1) is 0 Å². The Bertz CT molecular complexity index is 697. The van der Waals surface area contributed by atoms with Crippen LogP contribution in [-0.2, 0) is 9.47 Å². The summed E-state index contributed by atoms with van der Waals surface area (Å²) in [4.78, 5) is 12.5. The molecular formula is C18H24FN3O4. The molecule has 1 heterocycles. The predicted octanol–water partition coefficient (Wildman–Crippen LogP) is 2.54. The van der Waals surface area contributed by atoms with Crippen LogP contribution in [0.3, 0.4) is 0 Å². The van der Waals surface area contributed by atoms with Crippen LogP contribution >= 0.6 is 0 Å². The highest BCUT2D eigenvalue weighted by molar-refractivity contribution is 5.94. The number of carbonyl (C=O) groups is 1. The summed E-state index contributed by atoms with van der Waals surface area (Å²) >= 11 is 0. The first-order valence-electron chi connectivity index (χ1n) is 8.58. The van der Waals surface area contributed by atoms with E-state index in [0.29, 0.717) is 31.3 Å². The van der Waals surface area contributed by atoms with Crippen molar-refractivity contribution in [1.29, 1.82) is 0 Å². The molecule has 1 amide bonds. The first-order chi connectivity index (χ1) is 12.6. The van der Waals surface area contributed by atoms with Gasteiger partial charge >= 0.3 is 0 Å². The van der Waals surface area contributed by atoms with E-state index >= 15 is 0 Å². The van der Waals surface area contributed by atoms with E-state index in [-0.39, 0.29) is 18.1 Å². The first-order valence-corrected chi connectivity index (χ1v) is 8.58. The fourth-order valence-corrected chi connectivity index (χ4v) is 2.30. The predicted molar refractivity (Wildman–Crippen MR) is 94.1 cm³/mol. The molecular weight excluding hydrogens is 341 g/mol. The van der Waals surface area contributed by atoms with E-state index in [0.717, 1.165) is 0 Å². The van der Waals surface area contributed by atoms with Gasteiger partial charge in [-0.1, -0.05) is 0 Å². The zero-order valence-electron chi connectivity index (χ0n) is 15.2. The Morgan fingerprint density at radius 1 is 1.15 bits per heavy atom. The monoisotopic (exact) mass is 365 g/mol. The molecule has 1 N–H and O–H groups in total. The third kappa shape index (κ3) is 5.27. The molecule has 0 aliphatic heterocycles. The molecule has 0 spiro atoms. The lowest BCUT2D eigenvalue weighted by Gasteiger charge is -2.17. The van der Waals surface area contributed by atoms with E-state index in [1.165, 1.54) is 16.8 Å². The summed E-state index contributed by atoms with van der Waals surface area (Å²) in [6.45, 7) is 7.05. The van der Waals surface area contributed by atoms with Gasteiger partial charge in [0.1, 0.15) is 5.82 Å². The standard InChI is InChI=1S/C18H24FN3O4/c1-4-24-15-12-22(14-9-7-13(19)8-10-14)21-17(15)18(23)20-11-16(25-5-2)26-6-3/h7-10,12,16H,4-6,11H2,1-3H3,(H,20,23). The number of amides is 1. The number of aromatic nitrogens is 2. The molecule has 1 aromatic carbocycles. The summed E-state index contributed by atoms with van der Waals surface area (Å²) in [5, 5.41) is 7.01. The Balaban J connectivity index is 2.15. The van der Waals surface area contributed by atoms with Crippen molar-refractivity contribution in [3.63, 3.8) is 0 Å². The largest absolute Gasteiger partial charge is 0.490 e. The zero-order chi connectivity index (χ0) is 18.9. The van der Waals surface area contributed by atoms with E-state index in [4.69, 9.17) is 14.2 Å². The first kappa shape index (κ1) is 19.9. The molecule has 2 aromatic rings. The van der Waals surface area contributed by atoms with Crippen molar-refractivity contribution in [3.8, 4) is 11.4 Å². The maximum atomic E-state index is 13.1. The quantitative estimate of drug-likeness (QED) is 0.655. The third-order valence-electron chi connectivity index (χ3n) is 3.42. The Hall–Kier alpha value is -2.45. The number of hydrogen-bond donors (Lipinski definition) is 1. The van der Waals surface area contributed by atoms with Gasteiger partial charge in [0.25, 0.3) is 5.91 Å². The van der Waals surface area contributed by atoms with Crippen LogP contribution in [0.4, 0.5) is 4.39 Å². The van der Waals surface area contributed by atoms with Crippen LogP contribution in [0.2, 0.25) is 0 Å². The van der Waals surface area contributed by atoms with Crippen molar-refractivity contribution in [1.82, 2.24) is 15.1 Å². The Kier molecular flexibility index (Phi) is 7.55. The fourth-order valence-electron chi connectivity index (χ4n) is 2.30. The minimum atomic E-state index is -0.524. The molecule has 0 saturated carbocycles. The summed E-state index contributed by atoms with van der Waals surface area (Å²) in [5.41, 5.74) is 0.760. The lowest BCUT2D eigenvalue weighted by atomic mass is 10.3. The van der Waals surface area contributed by atoms with E-state index in [9.17, 15) is 9.18 Å². The van der Waals surface area contributed by atoms with Gasteiger partial charge in [0.15, 0.2) is 17.7 Å². The van der Waals surface area contributed by atoms with Gasteiger partial charge in [-0.3, -0.25) is 4.79 Å². The van der Waals surface area contributed by atoms with Crippen molar-refractivity contribution in [3.05, 3.63) is 42.0 Å². The van der Waals surface area contributed by atoms with E-state index in [1.807, 2.05) is 20.8 Å². The molecule has 1 aromatic heterocycles. The Labute approximate surface area is 152 Å². The van der Waals surface area contributed by atoms with Crippen LogP contribution in [0.1, 0.15) is 31.3 Å². The lowest BCUT2D eigenvalue weighted by molar-refractivity contribution is -0.131. The maximum Gasteiger partial charge on any atom is 0.275 e. The molecule has 0 fully saturated rings. The molecule has 26 heavy (non-hydrogen) atoms. The maximum absolute atomic E-state index is 13.1. The average molecular weight is 365 g/mol. The highest BCUT2D eigenvalue weighted by atomic mass is 19.1. The second-order valence-electron chi connectivity index (χ2n) is 5.25. The fraction of sp³-hybridized carbons (Fsp3) is 0.444. The number of hydrogen-bond acceptors (Lipinski definition) is 5. The lowest BCUT2D eigenvalue weighted by Crippen LogP contribution is -2.35. The van der Waals surface area contributed by atoms with Crippen LogP contribution in [0, 0.1) is 5.82 Å². The number of nitrogens with one attached hydrogen (secondary N) is 1. The zero-order valence-corrected chi connectivity index (χ0v) is 15.2. The molecule has 0 atom stereocenters. The minimum Gasteiger partial charge on any atom is -0.490 e. The molecule has 142 valence electrons. The highest BCUT2D eigenvalue weighted by Gasteiger charge is 2.20. The van der Waals surface area contributed by atoms with Crippen LogP contribution < -0.4 is 10.1 Å². The molecule has 2 rings (SSSR count). The normalized spacial score (nSPS) is 11.0. The van der Waals surface area contributed by atoms with Gasteiger partial charge in [0, 0.05) is 13.2 Å². The molecule has 0 saturated heterocycles. The van der Waals surface area contributed by atoms with Crippen LogP contribution in [0.15, 0.2) is 30.5 Å². The van der Waals surface area contributed by atoms with Gasteiger partial charge in [0.05, 0.1) is 25.0 Å². The van der Waals surface area contributed by atoms with Crippen molar-refractivity contribution in [2.45, 2.75) is 27.1 Å². The van der Waals surface area contributed by atoms with Crippen LogP contribution in [0.5, 0.6) is 5.75 Å². The summed E-state index contributed by atoms with van der Waals surface area (Å²) in [6, 6.07) is 5.79. The SMILES string of the molecule is CCOc1cn(-c2ccc(F)cc2)nc1C(=O)NCC(OCC)OCC. The van der Waals surface area contributed by atoms with Crippen LogP contribution in [0.25, 0.3) is 5.69 Å². The third-order valence-corrected chi connectivity index (χ3v) is 3.42. The topological polar surface area (TPSA) is 74.6 Å². The van der Waals surface area contributed by atoms with E-state index in [1.54, 1.807) is 18.3 Å². The van der Waals surface area contributed by atoms with Crippen molar-refractivity contribution in [2.75, 3.05) is 26.4 Å². The Morgan fingerprint density at radius 3 is 2.38 bits per heavy atom. The van der Waals surface area contributed by atoms with Gasteiger partial charge in [0.2, 0.25) is 0 Å². The summed E-state index contributed by atoms with van der Waals surface area (Å²) < 4.78 is 30.9. The summed E-state index contributed by atoms with van der Waals surface area (Å²) in [6.07, 6.45) is 1.07. The summed E-state index contributed by atoms with van der Waals surface area (Å²) in [7, 11) is 0. The molecule has 8 heteroatoms. The summed E-state index contributed by atoms with van der Waals surface area (Å²) in [5.74, 6) is -0.404. The minimum absolute atomic E-state index is 0.142. The van der Waals surface area contributed by atoms with Crippen molar-refractivity contribution in [2.24, 2.45) is 0 Å². The molecule has 0 aliphatic rings. The van der Waals surface area contributed by atoms with Crippen LogP contribution in [-0.4, -0.2) is 48.3 Å². The van der Waals surface area contributed by atoms with Gasteiger partial charge in [-0.2, -0.15) is 5.10 Å². The highest BCUT2D eigenvalue weighted by Crippen LogP contribution is 2.20. The number of nitrogens with zero attached hydrogens (tertiary/aromatic N) is 2. The average Bonchev–Trinajstić information content (AvgIpc) is 3.05. The number of halogens is 1. The van der Waals surface area contributed by atoms with E-state index < -0.39 is 12.2 Å². The van der Waals surface area contributed by atoms with Crippen molar-refractivity contribution < 1.29 is 23.4 Å². The number of benzene rings is 1. The molecule has 0 bridgehead atoms. The Morgan fingerprint density at radius 2 is 1.81 bits per heavy atom. The molecule has 0 radical (unpaired) electrons. The molecule has 7 nitrogen and oxygen atoms in total. The number of carbonyl (C=O) groups excluding carboxylic acids is 1. The van der Waals surface area contributed by atoms with Gasteiger partial charge in [-0.25, -0.2) is 9.07 Å². The van der Waals surface area contributed by atoms with Gasteiger partial charge < -0.3 is 19.5 Å². The smallest absolute Gasteiger partial charge is 0.275 e. The van der Waals surface area contributed by atoms with Gasteiger partial charge in [-0.05, 0) is 45.0 Å². The van der Waals surface area contributed by atoms with Crippen molar-refractivity contribution >= 4 is 5.91 Å². The second-order valence-corrected chi connectivity index (χ2v) is 5.25. The molecule has 0 aliphatic carbocycles. The molecule has 0 unspecified atom stereocenters. The number of ether oxygens (including phenoxy) is 3.